The molecule has 3 rings (SSSR count). The lowest BCUT2D eigenvalue weighted by Gasteiger charge is -2.13. The summed E-state index contributed by atoms with van der Waals surface area (Å²) in [5, 5.41) is 10.2. The molecule has 20 heavy (non-hydrogen) atoms. The molecule has 0 saturated heterocycles. The van der Waals surface area contributed by atoms with E-state index in [0.717, 1.165) is 16.9 Å². The molecular formula is C14H17N3O3. The first-order chi connectivity index (χ1) is 9.78. The molecule has 2 heterocycles. The third-order valence-corrected chi connectivity index (χ3v) is 3.35. The first kappa shape index (κ1) is 12.8. The van der Waals surface area contributed by atoms with Gasteiger partial charge in [0.15, 0.2) is 11.5 Å². The molecule has 1 unspecified atom stereocenters. The number of methoxy groups -OCH3 is 1. The lowest BCUT2D eigenvalue weighted by molar-refractivity contribution is 0.171. The minimum absolute atomic E-state index is 0.213. The predicted octanol–water partition coefficient (Wildman–Crippen LogP) is 2.00. The van der Waals surface area contributed by atoms with Gasteiger partial charge in [-0.3, -0.25) is 5.10 Å². The molecule has 0 fully saturated rings. The second kappa shape index (κ2) is 5.42. The summed E-state index contributed by atoms with van der Waals surface area (Å²) in [7, 11) is 1.63. The summed E-state index contributed by atoms with van der Waals surface area (Å²) in [5.41, 5.74) is 2.21. The Morgan fingerprint density at radius 1 is 1.45 bits per heavy atom. The second-order valence-electron chi connectivity index (χ2n) is 4.67. The van der Waals surface area contributed by atoms with Crippen molar-refractivity contribution in [3.8, 4) is 17.2 Å². The van der Waals surface area contributed by atoms with Gasteiger partial charge >= 0.3 is 0 Å². The standard InChI is InChI=1S/C14H17N3O3/c1-9(11-6-16-17-7-11)15-5-10-3-12(18-2)14-13(4-10)19-8-20-14/h3-4,6-7,9,15H,5,8H2,1-2H3,(H,16,17). The quantitative estimate of drug-likeness (QED) is 0.873. The van der Waals surface area contributed by atoms with Crippen molar-refractivity contribution in [2.45, 2.75) is 19.5 Å². The molecule has 0 bridgehead atoms. The largest absolute Gasteiger partial charge is 0.493 e. The van der Waals surface area contributed by atoms with Gasteiger partial charge in [0, 0.05) is 24.3 Å². The van der Waals surface area contributed by atoms with Crippen LogP contribution in [-0.4, -0.2) is 24.1 Å². The molecule has 1 aromatic carbocycles. The first-order valence-corrected chi connectivity index (χ1v) is 6.46. The van der Waals surface area contributed by atoms with Crippen LogP contribution in [0.2, 0.25) is 0 Å². The average Bonchev–Trinajstić information content (AvgIpc) is 3.14. The molecule has 0 radical (unpaired) electrons. The molecule has 1 aromatic heterocycles. The Bertz CT molecular complexity index is 584. The van der Waals surface area contributed by atoms with Crippen molar-refractivity contribution in [1.82, 2.24) is 15.5 Å². The lowest BCUT2D eigenvalue weighted by Crippen LogP contribution is -2.17. The Kier molecular flexibility index (Phi) is 3.47. The van der Waals surface area contributed by atoms with E-state index in [1.54, 1.807) is 7.11 Å². The summed E-state index contributed by atoms with van der Waals surface area (Å²) in [6.45, 7) is 3.04. The van der Waals surface area contributed by atoms with E-state index in [1.807, 2.05) is 24.5 Å². The Balaban J connectivity index is 1.72. The molecule has 0 aliphatic carbocycles. The van der Waals surface area contributed by atoms with Crippen LogP contribution in [0.5, 0.6) is 17.2 Å². The van der Waals surface area contributed by atoms with Crippen molar-refractivity contribution in [2.24, 2.45) is 0 Å². The normalized spacial score (nSPS) is 14.3. The van der Waals surface area contributed by atoms with E-state index < -0.39 is 0 Å². The van der Waals surface area contributed by atoms with Crippen molar-refractivity contribution in [2.75, 3.05) is 13.9 Å². The molecule has 0 spiro atoms. The summed E-state index contributed by atoms with van der Waals surface area (Å²) in [6.07, 6.45) is 3.70. The number of nitrogens with zero attached hydrogens (tertiary/aromatic N) is 1. The highest BCUT2D eigenvalue weighted by molar-refractivity contribution is 5.55. The third-order valence-electron chi connectivity index (χ3n) is 3.35. The number of aromatic amines is 1. The van der Waals surface area contributed by atoms with Gasteiger partial charge in [0.25, 0.3) is 0 Å². The number of ether oxygens (including phenoxy) is 3. The topological polar surface area (TPSA) is 68.4 Å². The van der Waals surface area contributed by atoms with Gasteiger partial charge in [-0.15, -0.1) is 0 Å². The van der Waals surface area contributed by atoms with Gasteiger partial charge in [-0.1, -0.05) is 0 Å². The number of rotatable bonds is 5. The molecule has 106 valence electrons. The fraction of sp³-hybridized carbons (Fsp3) is 0.357. The van der Waals surface area contributed by atoms with Crippen molar-refractivity contribution in [3.05, 3.63) is 35.7 Å². The molecule has 2 aromatic rings. The molecule has 2 N–H and O–H groups in total. The van der Waals surface area contributed by atoms with Gasteiger partial charge in [-0.25, -0.2) is 0 Å². The summed E-state index contributed by atoms with van der Waals surface area (Å²) in [4.78, 5) is 0. The third kappa shape index (κ3) is 2.42. The Morgan fingerprint density at radius 2 is 2.35 bits per heavy atom. The summed E-state index contributed by atoms with van der Waals surface area (Å²) in [5.74, 6) is 2.11. The molecular weight excluding hydrogens is 258 g/mol. The molecule has 1 atom stereocenters. The molecule has 1 aliphatic rings. The Morgan fingerprint density at radius 3 is 3.10 bits per heavy atom. The SMILES string of the molecule is COc1cc(CNC(C)c2cn[nH]c2)cc2c1OCO2. The Labute approximate surface area is 117 Å². The van der Waals surface area contributed by atoms with Crippen molar-refractivity contribution < 1.29 is 14.2 Å². The van der Waals surface area contributed by atoms with Crippen molar-refractivity contribution in [1.29, 1.82) is 0 Å². The van der Waals surface area contributed by atoms with Crippen molar-refractivity contribution in [3.63, 3.8) is 0 Å². The maximum absolute atomic E-state index is 5.42. The van der Waals surface area contributed by atoms with Gasteiger partial charge in [0.05, 0.1) is 13.3 Å². The number of fused-ring (bicyclic) bond motifs is 1. The highest BCUT2D eigenvalue weighted by atomic mass is 16.7. The van der Waals surface area contributed by atoms with E-state index in [0.29, 0.717) is 18.0 Å². The highest BCUT2D eigenvalue weighted by Gasteiger charge is 2.20. The zero-order valence-electron chi connectivity index (χ0n) is 11.5. The smallest absolute Gasteiger partial charge is 0.231 e. The summed E-state index contributed by atoms with van der Waals surface area (Å²) < 4.78 is 16.1. The number of aromatic nitrogens is 2. The van der Waals surface area contributed by atoms with Crippen LogP contribution in [0.25, 0.3) is 0 Å². The minimum atomic E-state index is 0.213. The van der Waals surface area contributed by atoms with Crippen LogP contribution in [0, 0.1) is 0 Å². The van der Waals surface area contributed by atoms with E-state index >= 15 is 0 Å². The summed E-state index contributed by atoms with van der Waals surface area (Å²) in [6, 6.07) is 4.15. The van der Waals surface area contributed by atoms with Crippen LogP contribution in [0.3, 0.4) is 0 Å². The predicted molar refractivity (Wildman–Crippen MR) is 73.0 cm³/mol. The van der Waals surface area contributed by atoms with Gasteiger partial charge < -0.3 is 19.5 Å². The maximum atomic E-state index is 5.42. The molecule has 0 saturated carbocycles. The van der Waals surface area contributed by atoms with Crippen LogP contribution < -0.4 is 19.5 Å². The number of benzene rings is 1. The monoisotopic (exact) mass is 275 g/mol. The Hall–Kier alpha value is -2.21. The number of H-pyrrole nitrogens is 1. The van der Waals surface area contributed by atoms with Crippen LogP contribution in [-0.2, 0) is 6.54 Å². The summed E-state index contributed by atoms with van der Waals surface area (Å²) >= 11 is 0. The van der Waals surface area contributed by atoms with E-state index in [1.165, 1.54) is 0 Å². The van der Waals surface area contributed by atoms with Crippen LogP contribution >= 0.6 is 0 Å². The number of nitrogens with one attached hydrogen (secondary N) is 2. The van der Waals surface area contributed by atoms with E-state index in [9.17, 15) is 0 Å². The van der Waals surface area contributed by atoms with Gasteiger partial charge in [-0.05, 0) is 24.6 Å². The van der Waals surface area contributed by atoms with Crippen molar-refractivity contribution >= 4 is 0 Å². The number of hydrogen-bond acceptors (Lipinski definition) is 5. The van der Waals surface area contributed by atoms with E-state index in [-0.39, 0.29) is 12.8 Å². The van der Waals surface area contributed by atoms with Gasteiger partial charge in [0.2, 0.25) is 12.5 Å². The van der Waals surface area contributed by atoms with Crippen LogP contribution in [0.1, 0.15) is 24.1 Å². The molecule has 6 heteroatoms. The molecule has 1 aliphatic heterocycles. The highest BCUT2D eigenvalue weighted by Crippen LogP contribution is 2.41. The number of hydrogen-bond donors (Lipinski definition) is 2. The van der Waals surface area contributed by atoms with Crippen LogP contribution in [0.4, 0.5) is 0 Å². The first-order valence-electron chi connectivity index (χ1n) is 6.46. The van der Waals surface area contributed by atoms with E-state index in [4.69, 9.17) is 14.2 Å². The van der Waals surface area contributed by atoms with Gasteiger partial charge in [-0.2, -0.15) is 5.10 Å². The minimum Gasteiger partial charge on any atom is -0.493 e. The fourth-order valence-electron chi connectivity index (χ4n) is 2.17. The molecule has 0 amide bonds. The second-order valence-corrected chi connectivity index (χ2v) is 4.67. The van der Waals surface area contributed by atoms with Gasteiger partial charge in [0.1, 0.15) is 0 Å². The zero-order valence-corrected chi connectivity index (χ0v) is 11.5. The maximum Gasteiger partial charge on any atom is 0.231 e. The molecule has 6 nitrogen and oxygen atoms in total. The van der Waals surface area contributed by atoms with Crippen LogP contribution in [0.15, 0.2) is 24.5 Å². The average molecular weight is 275 g/mol. The lowest BCUT2D eigenvalue weighted by atomic mass is 10.1. The fourth-order valence-corrected chi connectivity index (χ4v) is 2.17. The van der Waals surface area contributed by atoms with E-state index in [2.05, 4.69) is 22.4 Å². The zero-order chi connectivity index (χ0) is 13.9.